The summed E-state index contributed by atoms with van der Waals surface area (Å²) in [6, 6.07) is 30.0. The molecular formula is C30H28N2O5. The maximum Gasteiger partial charge on any atom is 0.345 e. The Kier molecular flexibility index (Phi) is 8.86. The lowest BCUT2D eigenvalue weighted by molar-refractivity contribution is -0.145. The van der Waals surface area contributed by atoms with E-state index in [0.29, 0.717) is 18.1 Å². The molecule has 4 aromatic rings. The van der Waals surface area contributed by atoms with Crippen LogP contribution in [-0.2, 0) is 16.1 Å². The number of carboxylic acid groups (broad SMARTS) is 1. The van der Waals surface area contributed by atoms with Gasteiger partial charge in [0.05, 0.1) is 11.4 Å². The Labute approximate surface area is 216 Å². The zero-order valence-corrected chi connectivity index (χ0v) is 20.5. The molecule has 188 valence electrons. The van der Waals surface area contributed by atoms with Gasteiger partial charge >= 0.3 is 5.97 Å². The summed E-state index contributed by atoms with van der Waals surface area (Å²) in [6.45, 7) is 2.50. The van der Waals surface area contributed by atoms with Crippen molar-refractivity contribution in [1.82, 2.24) is 4.98 Å². The van der Waals surface area contributed by atoms with Crippen molar-refractivity contribution in [2.45, 2.75) is 19.4 Å². The molecule has 37 heavy (non-hydrogen) atoms. The molecule has 0 saturated heterocycles. The first kappa shape index (κ1) is 25.4. The van der Waals surface area contributed by atoms with Crippen LogP contribution in [0.3, 0.4) is 0 Å². The fraction of sp³-hybridized carbons (Fsp3) is 0.167. The number of ether oxygens (including phenoxy) is 2. The molecule has 1 unspecified atom stereocenters. The van der Waals surface area contributed by atoms with Crippen molar-refractivity contribution in [3.05, 3.63) is 114 Å². The molecule has 0 spiro atoms. The topological polar surface area (TPSA) is 90.2 Å². The molecule has 0 saturated carbocycles. The van der Waals surface area contributed by atoms with Gasteiger partial charge in [0.15, 0.2) is 12.7 Å². The molecule has 0 fully saturated rings. The van der Waals surface area contributed by atoms with Crippen LogP contribution in [0, 0.1) is 0 Å². The molecule has 1 aromatic heterocycles. The monoisotopic (exact) mass is 496 g/mol. The van der Waals surface area contributed by atoms with Gasteiger partial charge in [0, 0.05) is 18.2 Å². The van der Waals surface area contributed by atoms with Gasteiger partial charge in [-0.2, -0.15) is 0 Å². The number of pyridine rings is 1. The number of nitrogens with zero attached hydrogens (tertiary/aromatic N) is 2. The smallest absolute Gasteiger partial charge is 0.345 e. The molecule has 7 heteroatoms. The summed E-state index contributed by atoms with van der Waals surface area (Å²) >= 11 is 0. The molecule has 1 atom stereocenters. The first-order valence-electron chi connectivity index (χ1n) is 11.9. The zero-order chi connectivity index (χ0) is 25.9. The number of hydrogen-bond acceptors (Lipinski definition) is 6. The first-order valence-corrected chi connectivity index (χ1v) is 11.9. The van der Waals surface area contributed by atoms with Crippen molar-refractivity contribution in [2.75, 3.05) is 13.2 Å². The molecule has 0 radical (unpaired) electrons. The predicted octanol–water partition coefficient (Wildman–Crippen LogP) is 5.64. The van der Waals surface area contributed by atoms with Gasteiger partial charge in [0.2, 0.25) is 0 Å². The Hall–Kier alpha value is -4.65. The maximum absolute atomic E-state index is 11.6. The normalized spacial score (nSPS) is 12.0. The minimum atomic E-state index is -1.01. The molecule has 3 aromatic carbocycles. The zero-order valence-electron chi connectivity index (χ0n) is 20.5. The highest BCUT2D eigenvalue weighted by atomic mass is 16.6. The summed E-state index contributed by atoms with van der Waals surface area (Å²) < 4.78 is 11.3. The van der Waals surface area contributed by atoms with Gasteiger partial charge in [-0.1, -0.05) is 65.8 Å². The van der Waals surface area contributed by atoms with E-state index in [1.165, 1.54) is 0 Å². The highest BCUT2D eigenvalue weighted by molar-refractivity contribution is 5.98. The SMILES string of the molecule is C/C(=N/OCCOc1ccc(CC(Oc2ccccc2)C(=O)O)cc1)c1ccc(-c2ccccn2)cc1. The van der Waals surface area contributed by atoms with Gasteiger partial charge < -0.3 is 19.4 Å². The van der Waals surface area contributed by atoms with Crippen molar-refractivity contribution in [3.8, 4) is 22.8 Å². The quantitative estimate of drug-likeness (QED) is 0.155. The molecule has 1 heterocycles. The van der Waals surface area contributed by atoms with Gasteiger partial charge in [0.25, 0.3) is 0 Å². The Morgan fingerprint density at radius 1 is 0.865 bits per heavy atom. The van der Waals surface area contributed by atoms with E-state index in [1.807, 2.05) is 67.6 Å². The van der Waals surface area contributed by atoms with E-state index in [9.17, 15) is 9.90 Å². The summed E-state index contributed by atoms with van der Waals surface area (Å²) in [5, 5.41) is 13.7. The predicted molar refractivity (Wildman–Crippen MR) is 142 cm³/mol. The molecule has 0 bridgehead atoms. The fourth-order valence-electron chi connectivity index (χ4n) is 3.59. The molecule has 0 aliphatic heterocycles. The van der Waals surface area contributed by atoms with E-state index < -0.39 is 12.1 Å². The Balaban J connectivity index is 1.21. The standard InChI is InChI=1S/C30H28N2O5/c1-22(24-12-14-25(15-13-24)28-9-5-6-18-31-28)32-36-20-19-35-26-16-10-23(11-17-26)21-29(30(33)34)37-27-7-3-2-4-8-27/h2-18,29H,19-21H2,1H3,(H,33,34)/b32-22-. The van der Waals surface area contributed by atoms with Crippen LogP contribution in [0.2, 0.25) is 0 Å². The summed E-state index contributed by atoms with van der Waals surface area (Å²) in [7, 11) is 0. The Morgan fingerprint density at radius 3 is 2.27 bits per heavy atom. The lowest BCUT2D eigenvalue weighted by Gasteiger charge is -2.15. The number of benzene rings is 3. The lowest BCUT2D eigenvalue weighted by atomic mass is 10.1. The van der Waals surface area contributed by atoms with Crippen molar-refractivity contribution < 1.29 is 24.2 Å². The third kappa shape index (κ3) is 7.67. The Bertz CT molecular complexity index is 1290. The minimum Gasteiger partial charge on any atom is -0.490 e. The molecule has 1 N–H and O–H groups in total. The van der Waals surface area contributed by atoms with Crippen LogP contribution in [0.15, 0.2) is 108 Å². The van der Waals surface area contributed by atoms with Gasteiger partial charge in [-0.15, -0.1) is 0 Å². The molecule has 7 nitrogen and oxygen atoms in total. The van der Waals surface area contributed by atoms with E-state index in [1.54, 1.807) is 42.6 Å². The van der Waals surface area contributed by atoms with Crippen LogP contribution >= 0.6 is 0 Å². The van der Waals surface area contributed by atoms with Crippen LogP contribution in [0.1, 0.15) is 18.1 Å². The highest BCUT2D eigenvalue weighted by Crippen LogP contribution is 2.18. The highest BCUT2D eigenvalue weighted by Gasteiger charge is 2.20. The van der Waals surface area contributed by atoms with Gasteiger partial charge in [-0.25, -0.2) is 4.79 Å². The number of carboxylic acids is 1. The van der Waals surface area contributed by atoms with E-state index in [0.717, 1.165) is 28.1 Å². The third-order valence-electron chi connectivity index (χ3n) is 5.55. The van der Waals surface area contributed by atoms with E-state index in [-0.39, 0.29) is 13.0 Å². The summed E-state index contributed by atoms with van der Waals surface area (Å²) in [5.74, 6) is 0.171. The number of hydrogen-bond donors (Lipinski definition) is 1. The van der Waals surface area contributed by atoms with Crippen molar-refractivity contribution >= 4 is 11.7 Å². The minimum absolute atomic E-state index is 0.241. The van der Waals surface area contributed by atoms with Crippen LogP contribution in [0.25, 0.3) is 11.3 Å². The van der Waals surface area contributed by atoms with Crippen LogP contribution < -0.4 is 9.47 Å². The second-order valence-electron chi connectivity index (χ2n) is 8.26. The first-order chi connectivity index (χ1) is 18.1. The third-order valence-corrected chi connectivity index (χ3v) is 5.55. The number of para-hydroxylation sites is 1. The fourth-order valence-corrected chi connectivity index (χ4v) is 3.59. The average Bonchev–Trinajstić information content (AvgIpc) is 2.94. The summed E-state index contributed by atoms with van der Waals surface area (Å²) in [4.78, 5) is 21.4. The second-order valence-corrected chi connectivity index (χ2v) is 8.26. The number of rotatable bonds is 12. The van der Waals surface area contributed by atoms with E-state index in [4.69, 9.17) is 14.3 Å². The van der Waals surface area contributed by atoms with E-state index in [2.05, 4.69) is 10.1 Å². The molecule has 0 amide bonds. The van der Waals surface area contributed by atoms with Gasteiger partial charge in [-0.05, 0) is 54.4 Å². The van der Waals surface area contributed by atoms with Crippen LogP contribution in [0.4, 0.5) is 0 Å². The molecule has 4 rings (SSSR count). The molecule has 0 aliphatic rings. The largest absolute Gasteiger partial charge is 0.490 e. The molecule has 0 aliphatic carbocycles. The lowest BCUT2D eigenvalue weighted by Crippen LogP contribution is -2.29. The number of oxime groups is 1. The Morgan fingerprint density at radius 2 is 1.59 bits per heavy atom. The van der Waals surface area contributed by atoms with Crippen molar-refractivity contribution in [3.63, 3.8) is 0 Å². The summed E-state index contributed by atoms with van der Waals surface area (Å²) in [5.41, 5.74) is 4.53. The number of carbonyl (C=O) groups is 1. The van der Waals surface area contributed by atoms with Gasteiger partial charge in [-0.3, -0.25) is 4.98 Å². The van der Waals surface area contributed by atoms with Crippen molar-refractivity contribution in [2.24, 2.45) is 5.16 Å². The molecular weight excluding hydrogens is 468 g/mol. The number of aliphatic carboxylic acids is 1. The average molecular weight is 497 g/mol. The number of aromatic nitrogens is 1. The van der Waals surface area contributed by atoms with Gasteiger partial charge in [0.1, 0.15) is 18.1 Å². The maximum atomic E-state index is 11.6. The second kappa shape index (κ2) is 12.9. The van der Waals surface area contributed by atoms with E-state index >= 15 is 0 Å². The summed E-state index contributed by atoms with van der Waals surface area (Å²) in [6.07, 6.45) is 1.04. The van der Waals surface area contributed by atoms with Crippen LogP contribution in [-0.4, -0.2) is 41.1 Å². The van der Waals surface area contributed by atoms with Crippen molar-refractivity contribution in [1.29, 1.82) is 0 Å². The van der Waals surface area contributed by atoms with Crippen LogP contribution in [0.5, 0.6) is 11.5 Å².